The molecule has 0 fully saturated rings. The average Bonchev–Trinajstić information content (AvgIpc) is 2.45. The number of aromatic nitrogens is 1. The van der Waals surface area contributed by atoms with Gasteiger partial charge in [0.2, 0.25) is 0 Å². The molecule has 2 N–H and O–H groups in total. The van der Waals surface area contributed by atoms with Crippen molar-refractivity contribution in [2.75, 3.05) is 0 Å². The summed E-state index contributed by atoms with van der Waals surface area (Å²) >= 11 is 1.25. The number of aryl methyl sites for hydroxylation is 1. The van der Waals surface area contributed by atoms with Gasteiger partial charge in [-0.1, -0.05) is 26.6 Å². The Morgan fingerprint density at radius 2 is 2.07 bits per heavy atom. The van der Waals surface area contributed by atoms with Crippen LogP contribution in [0.5, 0.6) is 0 Å². The van der Waals surface area contributed by atoms with Gasteiger partial charge in [-0.25, -0.2) is 0 Å². The van der Waals surface area contributed by atoms with Crippen molar-refractivity contribution in [2.24, 2.45) is 5.73 Å². The Morgan fingerprint density at radius 3 is 2.43 bits per heavy atom. The van der Waals surface area contributed by atoms with Crippen LogP contribution in [0.15, 0.2) is 0 Å². The Labute approximate surface area is 89.5 Å². The molecule has 3 nitrogen and oxygen atoms in total. The van der Waals surface area contributed by atoms with E-state index in [0.717, 1.165) is 17.3 Å². The molecule has 1 heterocycles. The van der Waals surface area contributed by atoms with Crippen LogP contribution in [0, 0.1) is 0 Å². The molecule has 0 saturated heterocycles. The first-order valence-electron chi connectivity index (χ1n) is 4.66. The van der Waals surface area contributed by atoms with Crippen molar-refractivity contribution in [3.05, 3.63) is 10.6 Å². The lowest BCUT2D eigenvalue weighted by Crippen LogP contribution is -2.43. The molecule has 0 radical (unpaired) electrons. The van der Waals surface area contributed by atoms with E-state index in [1.807, 2.05) is 0 Å². The topological polar surface area (TPSA) is 56.0 Å². The number of hydrogen-bond acceptors (Lipinski definition) is 3. The molecule has 0 aliphatic heterocycles. The molecular weight excluding hydrogens is 212 g/mol. The molecule has 0 spiro atoms. The summed E-state index contributed by atoms with van der Waals surface area (Å²) in [6, 6.07) is 0. The van der Waals surface area contributed by atoms with Crippen LogP contribution in [0.2, 0.25) is 19.6 Å². The third-order valence-corrected chi connectivity index (χ3v) is 5.19. The Kier molecular flexibility index (Phi) is 3.11. The van der Waals surface area contributed by atoms with Gasteiger partial charge in [0.15, 0.2) is 0 Å². The molecule has 1 amide bonds. The number of hydrogen-bond donors (Lipinski definition) is 1. The van der Waals surface area contributed by atoms with Crippen molar-refractivity contribution in [1.29, 1.82) is 0 Å². The second-order valence-electron chi connectivity index (χ2n) is 4.30. The predicted molar refractivity (Wildman–Crippen MR) is 63.0 cm³/mol. The third-order valence-electron chi connectivity index (χ3n) is 2.07. The summed E-state index contributed by atoms with van der Waals surface area (Å²) < 4.78 is 4.30. The zero-order valence-electron chi connectivity index (χ0n) is 9.05. The number of rotatable bonds is 3. The molecule has 0 bridgehead atoms. The number of carbonyl (C=O) groups excluding carboxylic acids is 1. The number of primary amides is 1. The van der Waals surface area contributed by atoms with E-state index in [-0.39, 0.29) is 5.91 Å². The van der Waals surface area contributed by atoms with Crippen LogP contribution < -0.4 is 10.9 Å². The van der Waals surface area contributed by atoms with Crippen LogP contribution in [-0.2, 0) is 6.42 Å². The summed E-state index contributed by atoms with van der Waals surface area (Å²) in [6.07, 6.45) is 0.878. The Bertz CT molecular complexity index is 354. The molecule has 0 unspecified atom stereocenters. The van der Waals surface area contributed by atoms with Crippen LogP contribution in [-0.4, -0.2) is 18.4 Å². The van der Waals surface area contributed by atoms with E-state index < -0.39 is 8.07 Å². The van der Waals surface area contributed by atoms with Gasteiger partial charge in [-0.2, -0.15) is 4.37 Å². The third kappa shape index (κ3) is 2.04. The molecule has 0 saturated carbocycles. The summed E-state index contributed by atoms with van der Waals surface area (Å²) in [7, 11) is -1.51. The normalized spacial score (nSPS) is 11.7. The minimum absolute atomic E-state index is 0.334. The molecule has 0 aliphatic rings. The van der Waals surface area contributed by atoms with E-state index >= 15 is 0 Å². The van der Waals surface area contributed by atoms with Crippen LogP contribution in [0.3, 0.4) is 0 Å². The zero-order chi connectivity index (χ0) is 10.9. The molecule has 1 aromatic heterocycles. The van der Waals surface area contributed by atoms with E-state index in [0.29, 0.717) is 4.88 Å². The lowest BCUT2D eigenvalue weighted by Gasteiger charge is -2.17. The maximum atomic E-state index is 11.2. The van der Waals surface area contributed by atoms with Crippen molar-refractivity contribution < 1.29 is 4.79 Å². The molecular formula is C9H16N2OSSi. The molecule has 78 valence electrons. The maximum Gasteiger partial charge on any atom is 0.260 e. The van der Waals surface area contributed by atoms with Gasteiger partial charge in [-0.3, -0.25) is 4.79 Å². The Morgan fingerprint density at radius 1 is 1.50 bits per heavy atom. The fraction of sp³-hybridized carbons (Fsp3) is 0.556. The summed E-state index contributed by atoms with van der Waals surface area (Å²) in [5.41, 5.74) is 6.39. The highest BCUT2D eigenvalue weighted by Gasteiger charge is 2.28. The summed E-state index contributed by atoms with van der Waals surface area (Å²) in [5, 5.41) is 1.15. The second kappa shape index (κ2) is 3.82. The van der Waals surface area contributed by atoms with Crippen molar-refractivity contribution >= 4 is 30.7 Å². The summed E-state index contributed by atoms with van der Waals surface area (Å²) in [4.78, 5) is 11.9. The van der Waals surface area contributed by atoms with Crippen LogP contribution >= 0.6 is 11.5 Å². The molecule has 0 aliphatic carbocycles. The van der Waals surface area contributed by atoms with Crippen molar-refractivity contribution in [1.82, 2.24) is 4.37 Å². The summed E-state index contributed by atoms with van der Waals surface area (Å²) in [6.45, 7) is 8.69. The highest BCUT2D eigenvalue weighted by atomic mass is 32.1. The summed E-state index contributed by atoms with van der Waals surface area (Å²) in [5.74, 6) is -0.334. The maximum absolute atomic E-state index is 11.2. The average molecular weight is 228 g/mol. The number of nitrogens with two attached hydrogens (primary N) is 1. The lowest BCUT2D eigenvalue weighted by atomic mass is 10.3. The standard InChI is InChI=1S/C9H16N2OSSi/c1-5-6-8(14(2,3)4)7(9(10)12)13-11-6/h5H2,1-4H3,(H2,10,12). The first-order chi connectivity index (χ1) is 6.38. The minimum atomic E-state index is -1.51. The van der Waals surface area contributed by atoms with Gasteiger partial charge in [0.05, 0.1) is 13.8 Å². The zero-order valence-corrected chi connectivity index (χ0v) is 10.9. The van der Waals surface area contributed by atoms with Crippen LogP contribution in [0.4, 0.5) is 0 Å². The van der Waals surface area contributed by atoms with Crippen molar-refractivity contribution in [3.8, 4) is 0 Å². The van der Waals surface area contributed by atoms with Gasteiger partial charge in [-0.05, 0) is 23.1 Å². The van der Waals surface area contributed by atoms with E-state index in [1.54, 1.807) is 0 Å². The molecule has 0 aromatic carbocycles. The number of carbonyl (C=O) groups is 1. The Hall–Kier alpha value is -0.683. The molecule has 1 aromatic rings. The van der Waals surface area contributed by atoms with Gasteiger partial charge in [0.25, 0.3) is 5.91 Å². The van der Waals surface area contributed by atoms with E-state index in [1.165, 1.54) is 11.5 Å². The molecule has 5 heteroatoms. The highest BCUT2D eigenvalue weighted by Crippen LogP contribution is 2.14. The van der Waals surface area contributed by atoms with Crippen LogP contribution in [0.25, 0.3) is 0 Å². The Balaban J connectivity index is 3.34. The van der Waals surface area contributed by atoms with E-state index in [4.69, 9.17) is 5.73 Å². The fourth-order valence-electron chi connectivity index (χ4n) is 1.51. The fourth-order valence-corrected chi connectivity index (χ4v) is 5.27. The lowest BCUT2D eigenvalue weighted by molar-refractivity contribution is 0.100. The van der Waals surface area contributed by atoms with Gasteiger partial charge >= 0.3 is 0 Å². The first-order valence-corrected chi connectivity index (χ1v) is 8.94. The number of nitrogens with zero attached hydrogens (tertiary/aromatic N) is 1. The van der Waals surface area contributed by atoms with Crippen LogP contribution in [0.1, 0.15) is 22.3 Å². The SMILES string of the molecule is CCc1nsc(C(N)=O)c1[Si](C)(C)C. The molecule has 1 rings (SSSR count). The molecule has 14 heavy (non-hydrogen) atoms. The monoisotopic (exact) mass is 228 g/mol. The van der Waals surface area contributed by atoms with Crippen molar-refractivity contribution in [2.45, 2.75) is 33.0 Å². The van der Waals surface area contributed by atoms with Gasteiger partial charge < -0.3 is 5.73 Å². The smallest absolute Gasteiger partial charge is 0.260 e. The van der Waals surface area contributed by atoms with Gasteiger partial charge in [-0.15, -0.1) is 0 Å². The van der Waals surface area contributed by atoms with Crippen molar-refractivity contribution in [3.63, 3.8) is 0 Å². The molecule has 0 atom stereocenters. The predicted octanol–water partition coefficient (Wildman–Crippen LogP) is 1.35. The van der Waals surface area contributed by atoms with Gasteiger partial charge in [0, 0.05) is 0 Å². The minimum Gasteiger partial charge on any atom is -0.365 e. The highest BCUT2D eigenvalue weighted by molar-refractivity contribution is 7.11. The largest absolute Gasteiger partial charge is 0.365 e. The first kappa shape index (κ1) is 11.4. The van der Waals surface area contributed by atoms with E-state index in [9.17, 15) is 4.79 Å². The number of amides is 1. The van der Waals surface area contributed by atoms with Gasteiger partial charge in [0.1, 0.15) is 4.88 Å². The second-order valence-corrected chi connectivity index (χ2v) is 10.1. The van der Waals surface area contributed by atoms with E-state index in [2.05, 4.69) is 30.9 Å². The quantitative estimate of drug-likeness (QED) is 0.794.